The summed E-state index contributed by atoms with van der Waals surface area (Å²) in [4.78, 5) is 12.1. The SMILES string of the molecule is O=C(NCC1(CO)CC1)Nc1ccc(SC(F)F)cc1. The fraction of sp³-hybridized carbons (Fsp3) is 0.462. The molecule has 0 unspecified atom stereocenters. The molecule has 0 bridgehead atoms. The van der Waals surface area contributed by atoms with E-state index in [1.165, 1.54) is 12.1 Å². The van der Waals surface area contributed by atoms with Crippen LogP contribution in [0, 0.1) is 5.41 Å². The van der Waals surface area contributed by atoms with Crippen LogP contribution in [0.1, 0.15) is 12.8 Å². The van der Waals surface area contributed by atoms with Gasteiger partial charge in [0.05, 0.1) is 6.61 Å². The molecule has 1 aliphatic rings. The molecule has 3 N–H and O–H groups in total. The molecule has 7 heteroatoms. The average Bonchev–Trinajstić information content (AvgIpc) is 3.19. The predicted molar refractivity (Wildman–Crippen MR) is 74.1 cm³/mol. The van der Waals surface area contributed by atoms with Crippen LogP contribution < -0.4 is 10.6 Å². The second-order valence-electron chi connectivity index (χ2n) is 4.87. The highest BCUT2D eigenvalue weighted by atomic mass is 32.2. The summed E-state index contributed by atoms with van der Waals surface area (Å²) < 4.78 is 24.3. The number of nitrogens with one attached hydrogen (secondary N) is 2. The summed E-state index contributed by atoms with van der Waals surface area (Å²) in [5.74, 6) is -2.45. The maximum atomic E-state index is 12.1. The highest BCUT2D eigenvalue weighted by Crippen LogP contribution is 2.44. The van der Waals surface area contributed by atoms with E-state index in [0.717, 1.165) is 12.8 Å². The van der Waals surface area contributed by atoms with Crippen molar-refractivity contribution in [2.24, 2.45) is 5.41 Å². The number of carbonyl (C=O) groups is 1. The van der Waals surface area contributed by atoms with Crippen molar-refractivity contribution in [2.45, 2.75) is 23.5 Å². The lowest BCUT2D eigenvalue weighted by Gasteiger charge is -2.13. The lowest BCUT2D eigenvalue weighted by atomic mass is 10.1. The van der Waals surface area contributed by atoms with Gasteiger partial charge in [-0.25, -0.2) is 4.79 Å². The summed E-state index contributed by atoms with van der Waals surface area (Å²) in [6.45, 7) is 0.515. The molecule has 1 aliphatic carbocycles. The van der Waals surface area contributed by atoms with E-state index in [2.05, 4.69) is 10.6 Å². The third-order valence-electron chi connectivity index (χ3n) is 3.25. The van der Waals surface area contributed by atoms with Gasteiger partial charge in [0.1, 0.15) is 0 Å². The van der Waals surface area contributed by atoms with Gasteiger partial charge in [0.25, 0.3) is 5.76 Å². The molecule has 1 aromatic rings. The second-order valence-corrected chi connectivity index (χ2v) is 5.93. The zero-order valence-corrected chi connectivity index (χ0v) is 11.6. The standard InChI is InChI=1S/C13H16F2N2O2S/c14-11(15)20-10-3-1-9(2-4-10)17-12(19)16-7-13(8-18)5-6-13/h1-4,11,18H,5-8H2,(H2,16,17,19). The van der Waals surface area contributed by atoms with Crippen LogP contribution in [-0.2, 0) is 0 Å². The average molecular weight is 302 g/mol. The first kappa shape index (κ1) is 15.1. The minimum absolute atomic E-state index is 0.0762. The third-order valence-corrected chi connectivity index (χ3v) is 3.98. The summed E-state index contributed by atoms with van der Waals surface area (Å²) in [7, 11) is 0. The van der Waals surface area contributed by atoms with E-state index in [1.807, 2.05) is 0 Å². The smallest absolute Gasteiger partial charge is 0.319 e. The van der Waals surface area contributed by atoms with Crippen LogP contribution in [0.4, 0.5) is 19.3 Å². The van der Waals surface area contributed by atoms with Gasteiger partial charge in [0, 0.05) is 22.5 Å². The van der Waals surface area contributed by atoms with Crippen LogP contribution in [0.15, 0.2) is 29.2 Å². The van der Waals surface area contributed by atoms with E-state index in [4.69, 9.17) is 5.11 Å². The molecule has 0 atom stereocenters. The number of carbonyl (C=O) groups excluding carboxylic acids is 1. The van der Waals surface area contributed by atoms with Gasteiger partial charge >= 0.3 is 6.03 Å². The lowest BCUT2D eigenvalue weighted by molar-refractivity contribution is 0.206. The Hall–Kier alpha value is -1.34. The van der Waals surface area contributed by atoms with Gasteiger partial charge in [0.15, 0.2) is 0 Å². The van der Waals surface area contributed by atoms with Crippen molar-refractivity contribution in [3.63, 3.8) is 0 Å². The van der Waals surface area contributed by atoms with Crippen molar-refractivity contribution < 1.29 is 18.7 Å². The summed E-state index contributed by atoms with van der Waals surface area (Å²) in [5, 5.41) is 14.4. The van der Waals surface area contributed by atoms with Crippen LogP contribution in [0.3, 0.4) is 0 Å². The van der Waals surface area contributed by atoms with E-state index in [1.54, 1.807) is 12.1 Å². The molecule has 110 valence electrons. The Morgan fingerprint density at radius 3 is 2.50 bits per heavy atom. The molecule has 20 heavy (non-hydrogen) atoms. The van der Waals surface area contributed by atoms with Gasteiger partial charge in [-0.05, 0) is 37.1 Å². The van der Waals surface area contributed by atoms with Crippen molar-refractivity contribution in [1.29, 1.82) is 0 Å². The number of aliphatic hydroxyl groups is 1. The number of hydrogen-bond donors (Lipinski definition) is 3. The fourth-order valence-corrected chi connectivity index (χ4v) is 2.23. The first-order chi connectivity index (χ1) is 9.53. The molecule has 0 aromatic heterocycles. The Balaban J connectivity index is 1.79. The molecule has 1 saturated carbocycles. The monoisotopic (exact) mass is 302 g/mol. The van der Waals surface area contributed by atoms with E-state index in [9.17, 15) is 13.6 Å². The number of amides is 2. The van der Waals surface area contributed by atoms with Crippen molar-refractivity contribution in [2.75, 3.05) is 18.5 Å². The van der Waals surface area contributed by atoms with E-state index >= 15 is 0 Å². The van der Waals surface area contributed by atoms with Crippen LogP contribution in [0.25, 0.3) is 0 Å². The molecule has 1 fully saturated rings. The number of aliphatic hydroxyl groups excluding tert-OH is 1. The quantitative estimate of drug-likeness (QED) is 0.708. The van der Waals surface area contributed by atoms with E-state index in [0.29, 0.717) is 28.9 Å². The summed E-state index contributed by atoms with van der Waals surface area (Å²) in [6.07, 6.45) is 1.84. The van der Waals surface area contributed by atoms with Crippen LogP contribution >= 0.6 is 11.8 Å². The molecule has 0 radical (unpaired) electrons. The van der Waals surface area contributed by atoms with Crippen LogP contribution in [0.2, 0.25) is 0 Å². The first-order valence-electron chi connectivity index (χ1n) is 6.24. The molecule has 0 saturated heterocycles. The summed E-state index contributed by atoms with van der Waals surface area (Å²) >= 11 is 0.461. The Labute approximate surface area is 119 Å². The van der Waals surface area contributed by atoms with Gasteiger partial charge in [-0.2, -0.15) is 8.78 Å². The number of rotatable bonds is 6. The van der Waals surface area contributed by atoms with Gasteiger partial charge in [-0.15, -0.1) is 0 Å². The van der Waals surface area contributed by atoms with Crippen LogP contribution in [0.5, 0.6) is 0 Å². The van der Waals surface area contributed by atoms with Gasteiger partial charge in [0.2, 0.25) is 0 Å². The fourth-order valence-electron chi connectivity index (χ4n) is 1.73. The topological polar surface area (TPSA) is 61.4 Å². The molecule has 1 aromatic carbocycles. The summed E-state index contributed by atoms with van der Waals surface area (Å²) in [6, 6.07) is 5.84. The molecule has 0 heterocycles. The molecule has 2 amide bonds. The van der Waals surface area contributed by atoms with Crippen LogP contribution in [-0.4, -0.2) is 30.0 Å². The Morgan fingerprint density at radius 2 is 2.00 bits per heavy atom. The molecule has 0 spiro atoms. The largest absolute Gasteiger partial charge is 0.396 e. The Kier molecular flexibility index (Phi) is 4.82. The molecule has 4 nitrogen and oxygen atoms in total. The van der Waals surface area contributed by atoms with Gasteiger partial charge in [-0.1, -0.05) is 11.8 Å². The Morgan fingerprint density at radius 1 is 1.35 bits per heavy atom. The number of alkyl halides is 2. The second kappa shape index (κ2) is 6.41. The Bertz CT molecular complexity index is 464. The molecule has 2 rings (SSSR count). The van der Waals surface area contributed by atoms with Crippen molar-refractivity contribution in [1.82, 2.24) is 5.32 Å². The van der Waals surface area contributed by atoms with Gasteiger partial charge in [-0.3, -0.25) is 0 Å². The van der Waals surface area contributed by atoms with Crippen molar-refractivity contribution >= 4 is 23.5 Å². The zero-order valence-electron chi connectivity index (χ0n) is 10.7. The minimum atomic E-state index is -2.45. The highest BCUT2D eigenvalue weighted by Gasteiger charge is 2.42. The normalized spacial score (nSPS) is 16.0. The number of urea groups is 1. The first-order valence-corrected chi connectivity index (χ1v) is 7.12. The number of anilines is 1. The highest BCUT2D eigenvalue weighted by molar-refractivity contribution is 7.99. The number of halogens is 2. The molecular weight excluding hydrogens is 286 g/mol. The zero-order chi connectivity index (χ0) is 14.6. The number of thioether (sulfide) groups is 1. The lowest BCUT2D eigenvalue weighted by Crippen LogP contribution is -2.35. The van der Waals surface area contributed by atoms with E-state index < -0.39 is 5.76 Å². The maximum Gasteiger partial charge on any atom is 0.319 e. The molecular formula is C13H16F2N2O2S. The van der Waals surface area contributed by atoms with Crippen molar-refractivity contribution in [3.8, 4) is 0 Å². The minimum Gasteiger partial charge on any atom is -0.396 e. The number of hydrogen-bond acceptors (Lipinski definition) is 3. The van der Waals surface area contributed by atoms with Gasteiger partial charge < -0.3 is 15.7 Å². The number of benzene rings is 1. The molecule has 0 aliphatic heterocycles. The third kappa shape index (κ3) is 4.35. The maximum absolute atomic E-state index is 12.1. The van der Waals surface area contributed by atoms with Crippen molar-refractivity contribution in [3.05, 3.63) is 24.3 Å². The summed E-state index contributed by atoms with van der Waals surface area (Å²) in [5.41, 5.74) is 0.393. The predicted octanol–water partition coefficient (Wildman–Crippen LogP) is 2.90. The van der Waals surface area contributed by atoms with E-state index in [-0.39, 0.29) is 18.1 Å².